The van der Waals surface area contributed by atoms with E-state index in [1.807, 2.05) is 54.6 Å². The second kappa shape index (κ2) is 7.40. The first-order valence-electron chi connectivity index (χ1n) is 7.98. The Morgan fingerprint density at radius 3 is 2.54 bits per heavy atom. The number of para-hydroxylation sites is 1. The van der Waals surface area contributed by atoms with Crippen LogP contribution >= 0.6 is 0 Å². The number of hydrogen-bond acceptors (Lipinski definition) is 6. The SMILES string of the molecule is C(=C\c1nc(-c2cccnc2Oc2ccccc2)no1)/c1ccncc1. The van der Waals surface area contributed by atoms with Crippen molar-refractivity contribution in [2.24, 2.45) is 0 Å². The summed E-state index contributed by atoms with van der Waals surface area (Å²) in [4.78, 5) is 12.7. The fraction of sp³-hybridized carbons (Fsp3) is 0. The zero-order valence-corrected chi connectivity index (χ0v) is 13.7. The Hall–Kier alpha value is -3.80. The number of hydrogen-bond donors (Lipinski definition) is 0. The largest absolute Gasteiger partial charge is 0.438 e. The van der Waals surface area contributed by atoms with Gasteiger partial charge in [0.05, 0.1) is 5.56 Å². The molecule has 0 fully saturated rings. The molecule has 4 aromatic rings. The van der Waals surface area contributed by atoms with Crippen LogP contribution in [0.1, 0.15) is 11.5 Å². The van der Waals surface area contributed by atoms with Gasteiger partial charge in [0, 0.05) is 24.7 Å². The van der Waals surface area contributed by atoms with Crippen molar-refractivity contribution in [2.75, 3.05) is 0 Å². The summed E-state index contributed by atoms with van der Waals surface area (Å²) in [6.07, 6.45) is 8.74. The van der Waals surface area contributed by atoms with Crippen molar-refractivity contribution < 1.29 is 9.26 Å². The van der Waals surface area contributed by atoms with Crippen molar-refractivity contribution in [3.63, 3.8) is 0 Å². The quantitative estimate of drug-likeness (QED) is 0.532. The average Bonchev–Trinajstić information content (AvgIpc) is 3.17. The maximum absolute atomic E-state index is 5.84. The lowest BCUT2D eigenvalue weighted by atomic mass is 10.2. The maximum Gasteiger partial charge on any atom is 0.250 e. The van der Waals surface area contributed by atoms with Gasteiger partial charge in [-0.15, -0.1) is 0 Å². The molecular formula is C20H14N4O2. The fourth-order valence-electron chi connectivity index (χ4n) is 2.30. The Morgan fingerprint density at radius 1 is 0.846 bits per heavy atom. The summed E-state index contributed by atoms with van der Waals surface area (Å²) in [5.74, 6) is 1.92. The molecule has 126 valence electrons. The van der Waals surface area contributed by atoms with Crippen molar-refractivity contribution in [3.05, 3.63) is 84.6 Å². The molecule has 0 atom stereocenters. The molecule has 0 saturated carbocycles. The molecule has 26 heavy (non-hydrogen) atoms. The molecule has 6 nitrogen and oxygen atoms in total. The lowest BCUT2D eigenvalue weighted by Gasteiger charge is -2.06. The van der Waals surface area contributed by atoms with Crippen LogP contribution in [0.15, 0.2) is 77.7 Å². The van der Waals surface area contributed by atoms with Gasteiger partial charge < -0.3 is 9.26 Å². The van der Waals surface area contributed by atoms with E-state index in [0.717, 1.165) is 5.56 Å². The number of benzene rings is 1. The molecule has 6 heteroatoms. The minimum absolute atomic E-state index is 0.395. The fourth-order valence-corrected chi connectivity index (χ4v) is 2.30. The van der Waals surface area contributed by atoms with Crippen LogP contribution in [0.3, 0.4) is 0 Å². The first-order valence-corrected chi connectivity index (χ1v) is 7.98. The Balaban J connectivity index is 1.59. The van der Waals surface area contributed by atoms with Gasteiger partial charge in [-0.05, 0) is 48.0 Å². The second-order valence-electron chi connectivity index (χ2n) is 5.34. The van der Waals surface area contributed by atoms with E-state index < -0.39 is 0 Å². The van der Waals surface area contributed by atoms with Crippen LogP contribution in [-0.4, -0.2) is 20.1 Å². The van der Waals surface area contributed by atoms with E-state index in [4.69, 9.17) is 9.26 Å². The first-order chi connectivity index (χ1) is 12.9. The van der Waals surface area contributed by atoms with Gasteiger partial charge in [0.1, 0.15) is 5.75 Å². The van der Waals surface area contributed by atoms with Gasteiger partial charge in [0.15, 0.2) is 0 Å². The lowest BCUT2D eigenvalue weighted by molar-refractivity contribution is 0.410. The van der Waals surface area contributed by atoms with Crippen LogP contribution in [0.5, 0.6) is 11.6 Å². The third-order valence-corrected chi connectivity index (χ3v) is 3.54. The third-order valence-electron chi connectivity index (χ3n) is 3.54. The summed E-state index contributed by atoms with van der Waals surface area (Å²) in [6, 6.07) is 16.9. The molecule has 0 aliphatic heterocycles. The van der Waals surface area contributed by atoms with E-state index in [1.54, 1.807) is 30.7 Å². The van der Waals surface area contributed by atoms with Gasteiger partial charge in [-0.3, -0.25) is 4.98 Å². The van der Waals surface area contributed by atoms with E-state index >= 15 is 0 Å². The number of aromatic nitrogens is 4. The molecule has 0 N–H and O–H groups in total. The Kier molecular flexibility index (Phi) is 4.47. The minimum Gasteiger partial charge on any atom is -0.438 e. The lowest BCUT2D eigenvalue weighted by Crippen LogP contribution is -1.92. The van der Waals surface area contributed by atoms with E-state index in [0.29, 0.717) is 28.9 Å². The van der Waals surface area contributed by atoms with E-state index in [2.05, 4.69) is 20.1 Å². The summed E-state index contributed by atoms with van der Waals surface area (Å²) in [6.45, 7) is 0. The zero-order valence-electron chi connectivity index (χ0n) is 13.7. The maximum atomic E-state index is 5.84. The molecule has 0 radical (unpaired) electrons. The molecule has 1 aromatic carbocycles. The van der Waals surface area contributed by atoms with E-state index in [-0.39, 0.29) is 0 Å². The molecule has 0 saturated heterocycles. The number of ether oxygens (including phenoxy) is 1. The highest BCUT2D eigenvalue weighted by Gasteiger charge is 2.14. The third kappa shape index (κ3) is 3.64. The summed E-state index contributed by atoms with van der Waals surface area (Å²) in [7, 11) is 0. The number of pyridine rings is 2. The number of rotatable bonds is 5. The Morgan fingerprint density at radius 2 is 1.69 bits per heavy atom. The van der Waals surface area contributed by atoms with Crippen LogP contribution < -0.4 is 4.74 Å². The monoisotopic (exact) mass is 342 g/mol. The van der Waals surface area contributed by atoms with Crippen LogP contribution in [0.2, 0.25) is 0 Å². The molecule has 3 heterocycles. The molecule has 3 aromatic heterocycles. The van der Waals surface area contributed by atoms with Crippen LogP contribution in [0.4, 0.5) is 0 Å². The smallest absolute Gasteiger partial charge is 0.250 e. The van der Waals surface area contributed by atoms with E-state index in [9.17, 15) is 0 Å². The minimum atomic E-state index is 0.395. The van der Waals surface area contributed by atoms with Crippen molar-refractivity contribution in [1.82, 2.24) is 20.1 Å². The standard InChI is InChI=1S/C20H14N4O2/c1-2-5-16(6-3-1)25-20-17(7-4-12-22-20)19-23-18(26-24-19)9-8-15-10-13-21-14-11-15/h1-14H/b9-8+. The second-order valence-corrected chi connectivity index (χ2v) is 5.34. The molecule has 0 spiro atoms. The van der Waals surface area contributed by atoms with Crippen molar-refractivity contribution in [2.45, 2.75) is 0 Å². The summed E-state index contributed by atoms with van der Waals surface area (Å²) in [5, 5.41) is 4.03. The summed E-state index contributed by atoms with van der Waals surface area (Å²) >= 11 is 0. The molecule has 0 aliphatic carbocycles. The van der Waals surface area contributed by atoms with Gasteiger partial charge in [-0.2, -0.15) is 4.98 Å². The highest BCUT2D eigenvalue weighted by atomic mass is 16.5. The summed E-state index contributed by atoms with van der Waals surface area (Å²) < 4.78 is 11.1. The zero-order chi connectivity index (χ0) is 17.6. The first kappa shape index (κ1) is 15.7. The topological polar surface area (TPSA) is 73.9 Å². The van der Waals surface area contributed by atoms with Gasteiger partial charge in [-0.1, -0.05) is 23.4 Å². The molecule has 0 bridgehead atoms. The van der Waals surface area contributed by atoms with Gasteiger partial charge in [0.25, 0.3) is 5.89 Å². The van der Waals surface area contributed by atoms with E-state index in [1.165, 1.54) is 0 Å². The van der Waals surface area contributed by atoms with Crippen molar-refractivity contribution >= 4 is 12.2 Å². The molecule has 0 aliphatic rings. The predicted octanol–water partition coefficient (Wildman–Crippen LogP) is 4.49. The molecular weight excluding hydrogens is 328 g/mol. The highest BCUT2D eigenvalue weighted by Crippen LogP contribution is 2.29. The van der Waals surface area contributed by atoms with Crippen molar-refractivity contribution in [3.8, 4) is 23.0 Å². The highest BCUT2D eigenvalue weighted by molar-refractivity contribution is 5.67. The van der Waals surface area contributed by atoms with Gasteiger partial charge >= 0.3 is 0 Å². The summed E-state index contributed by atoms with van der Waals surface area (Å²) in [5.41, 5.74) is 1.65. The van der Waals surface area contributed by atoms with Crippen molar-refractivity contribution in [1.29, 1.82) is 0 Å². The van der Waals surface area contributed by atoms with Crippen LogP contribution in [-0.2, 0) is 0 Å². The van der Waals surface area contributed by atoms with Gasteiger partial charge in [0.2, 0.25) is 11.7 Å². The van der Waals surface area contributed by atoms with Gasteiger partial charge in [-0.25, -0.2) is 4.98 Å². The van der Waals surface area contributed by atoms with Crippen LogP contribution in [0.25, 0.3) is 23.5 Å². The Bertz CT molecular complexity index is 1010. The predicted molar refractivity (Wildman–Crippen MR) is 97.2 cm³/mol. The molecule has 4 rings (SSSR count). The normalized spacial score (nSPS) is 10.9. The molecule has 0 amide bonds. The number of nitrogens with zero attached hydrogens (tertiary/aromatic N) is 4. The molecule has 0 unspecified atom stereocenters. The Labute approximate surface area is 149 Å². The average molecular weight is 342 g/mol. The van der Waals surface area contributed by atoms with Crippen LogP contribution in [0, 0.1) is 0 Å².